The zero-order valence-corrected chi connectivity index (χ0v) is 18.0. The summed E-state index contributed by atoms with van der Waals surface area (Å²) < 4.78 is 35.1. The maximum absolute atomic E-state index is 8.44. The third-order valence-electron chi connectivity index (χ3n) is 3.72. The number of imidazole rings is 1. The third kappa shape index (κ3) is 4.83. The van der Waals surface area contributed by atoms with E-state index in [2.05, 4.69) is 34.6 Å². The fourth-order valence-electron chi connectivity index (χ4n) is 2.69. The van der Waals surface area contributed by atoms with Gasteiger partial charge in [0.1, 0.15) is 18.6 Å². The molecule has 3 aromatic rings. The van der Waals surface area contributed by atoms with E-state index in [4.69, 9.17) is 22.3 Å². The average molecular weight is 397 g/mol. The molecule has 0 radical (unpaired) electrons. The summed E-state index contributed by atoms with van der Waals surface area (Å²) >= 11 is 0. The largest absolute Gasteiger partial charge is 1.00 e. The van der Waals surface area contributed by atoms with E-state index < -0.39 is 10.6 Å². The summed E-state index contributed by atoms with van der Waals surface area (Å²) in [5.41, 5.74) is 1.79. The summed E-state index contributed by atoms with van der Waals surface area (Å²) in [5, 5.41) is 4.29. The Balaban J connectivity index is 0.000000479. The Labute approximate surface area is 179 Å². The Hall–Kier alpha value is -2.01. The van der Waals surface area contributed by atoms with Crippen LogP contribution in [0, 0.1) is 6.07 Å². The minimum Gasteiger partial charge on any atom is -0.516 e. The molecule has 11 heteroatoms. The quantitative estimate of drug-likeness (QED) is 0.386. The smallest absolute Gasteiger partial charge is 0.516 e. The second-order valence-corrected chi connectivity index (χ2v) is 6.15. The molecule has 0 amide bonds. The summed E-state index contributed by atoms with van der Waals surface area (Å²) in [6, 6.07) is 9.03. The number of ether oxygens (including phenoxy) is 1. The fourth-order valence-corrected chi connectivity index (χ4v) is 2.69. The third-order valence-corrected chi connectivity index (χ3v) is 3.72. The van der Waals surface area contributed by atoms with Gasteiger partial charge < -0.3 is 9.30 Å². The van der Waals surface area contributed by atoms with Gasteiger partial charge in [0.05, 0.1) is 12.4 Å². The van der Waals surface area contributed by atoms with Crippen molar-refractivity contribution < 1.29 is 46.9 Å². The summed E-state index contributed by atoms with van der Waals surface area (Å²) in [4.78, 5) is 9.14. The van der Waals surface area contributed by atoms with E-state index in [-0.39, 0.29) is 35.6 Å². The average Bonchev–Trinajstić information content (AvgIpc) is 3.18. The molecule has 4 rings (SSSR count). The van der Waals surface area contributed by atoms with E-state index in [1.54, 1.807) is 6.33 Å². The molecular weight excluding hydrogens is 381 g/mol. The maximum Gasteiger partial charge on any atom is 1.00 e. The summed E-state index contributed by atoms with van der Waals surface area (Å²) in [5.74, 6) is 2.52. The first-order chi connectivity index (χ1) is 12.5. The van der Waals surface area contributed by atoms with Crippen molar-refractivity contribution in [2.45, 2.75) is 26.4 Å². The van der Waals surface area contributed by atoms with Crippen LogP contribution in [0.25, 0.3) is 22.9 Å². The molecule has 0 atom stereocenters. The molecule has 0 bridgehead atoms. The molecule has 1 aliphatic heterocycles. The van der Waals surface area contributed by atoms with Gasteiger partial charge in [0.2, 0.25) is 0 Å². The molecule has 27 heavy (non-hydrogen) atoms. The number of hydrogen-bond acceptors (Lipinski definition) is 7. The monoisotopic (exact) mass is 397 g/mol. The zero-order valence-electron chi connectivity index (χ0n) is 15.2. The van der Waals surface area contributed by atoms with Gasteiger partial charge in [0.15, 0.2) is 5.82 Å². The van der Waals surface area contributed by atoms with Gasteiger partial charge in [-0.15, -0.1) is 18.7 Å². The Morgan fingerprint density at radius 1 is 1.26 bits per heavy atom. The van der Waals surface area contributed by atoms with E-state index in [0.29, 0.717) is 6.61 Å². The van der Waals surface area contributed by atoms with E-state index in [9.17, 15) is 0 Å². The summed E-state index contributed by atoms with van der Waals surface area (Å²) in [6.07, 6.45) is 3.59. The van der Waals surface area contributed by atoms with Gasteiger partial charge in [-0.3, -0.25) is 0 Å². The van der Waals surface area contributed by atoms with Gasteiger partial charge in [0, 0.05) is 18.0 Å². The van der Waals surface area contributed by atoms with Crippen LogP contribution >= 0.6 is 0 Å². The maximum atomic E-state index is 8.44. The van der Waals surface area contributed by atoms with Crippen LogP contribution in [0.2, 0.25) is 0 Å². The minimum absolute atomic E-state index is 0. The Morgan fingerprint density at radius 3 is 2.70 bits per heavy atom. The first-order valence-corrected chi connectivity index (χ1v) is 8.84. The van der Waals surface area contributed by atoms with Gasteiger partial charge >= 0.3 is 40.2 Å². The molecule has 0 aliphatic carbocycles. The molecule has 0 saturated carbocycles. The molecular formula is C16H16N5NaO4S. The van der Waals surface area contributed by atoms with Gasteiger partial charge in [-0.25, -0.2) is 14.6 Å². The first-order valence-electron chi connectivity index (χ1n) is 7.84. The van der Waals surface area contributed by atoms with E-state index in [1.165, 1.54) is 0 Å². The van der Waals surface area contributed by atoms with Crippen LogP contribution in [0.3, 0.4) is 0 Å². The number of nitrogens with zero attached hydrogens (tertiary/aromatic N) is 5. The number of aromatic nitrogens is 5. The molecule has 0 saturated heterocycles. The van der Waals surface area contributed by atoms with Gasteiger partial charge in [-0.2, -0.15) is 23.3 Å². The van der Waals surface area contributed by atoms with Crippen LogP contribution < -0.4 is 34.3 Å². The molecule has 9 nitrogen and oxygen atoms in total. The van der Waals surface area contributed by atoms with Gasteiger partial charge in [-0.05, 0) is 13.8 Å². The van der Waals surface area contributed by atoms with Gasteiger partial charge in [-0.1, -0.05) is 5.56 Å². The van der Waals surface area contributed by atoms with Crippen molar-refractivity contribution in [3.05, 3.63) is 36.8 Å². The Morgan fingerprint density at radius 2 is 2.00 bits per heavy atom. The molecule has 0 fully saturated rings. The molecule has 3 heterocycles. The van der Waals surface area contributed by atoms with Crippen LogP contribution in [-0.2, 0) is 17.2 Å². The normalized spacial score (nSPS) is 11.8. The number of hydrogen-bond donors (Lipinski definition) is 0. The zero-order chi connectivity index (χ0) is 18.7. The molecule has 1 aliphatic rings. The molecule has 0 spiro atoms. The summed E-state index contributed by atoms with van der Waals surface area (Å²) in [7, 11) is -3.11. The van der Waals surface area contributed by atoms with Crippen molar-refractivity contribution in [2.75, 3.05) is 6.61 Å². The molecule has 0 unspecified atom stereocenters. The predicted octanol–water partition coefficient (Wildman–Crippen LogP) is -1.42. The van der Waals surface area contributed by atoms with Crippen molar-refractivity contribution in [1.82, 2.24) is 24.3 Å². The first kappa shape index (κ1) is 21.3. The van der Waals surface area contributed by atoms with Crippen molar-refractivity contribution in [3.8, 4) is 28.7 Å². The second kappa shape index (κ2) is 9.27. The predicted molar refractivity (Wildman–Crippen MR) is 91.1 cm³/mol. The van der Waals surface area contributed by atoms with Crippen LogP contribution in [-0.4, -0.2) is 43.5 Å². The van der Waals surface area contributed by atoms with Crippen molar-refractivity contribution in [2.24, 2.45) is 0 Å². The van der Waals surface area contributed by atoms with Crippen LogP contribution in [0.4, 0.5) is 0 Å². The van der Waals surface area contributed by atoms with E-state index >= 15 is 0 Å². The molecule has 136 valence electrons. The van der Waals surface area contributed by atoms with E-state index in [1.807, 2.05) is 29.1 Å². The number of fused-ring (bicyclic) bond motifs is 3. The SMILES string of the molecule is CC(C)n1ncnc1-c1cn2c(n1)-c1c[c-]ccc1OCC2.O=S(=O)=O.[Na+]. The number of rotatable bonds is 2. The second-order valence-electron chi connectivity index (χ2n) is 5.74. The number of benzene rings is 1. The van der Waals surface area contributed by atoms with Crippen molar-refractivity contribution in [3.63, 3.8) is 0 Å². The standard InChI is InChI=1S/C16H16N5O.Na.O3S/c1-11(2)21-16(17-10-18-21)13-9-20-7-8-22-14-6-4-3-5-12(14)15(20)19-13;;1-4(2)3/h4-6,9-11H,7-8H2,1-2H3;;/q-1;+1;. The van der Waals surface area contributed by atoms with Crippen LogP contribution in [0.5, 0.6) is 5.75 Å². The van der Waals surface area contributed by atoms with E-state index in [0.717, 1.165) is 35.2 Å². The Bertz CT molecular complexity index is 1020. The minimum atomic E-state index is -3.11. The Kier molecular flexibility index (Phi) is 7.31. The topological polar surface area (TPSA) is 109 Å². The molecule has 1 aromatic carbocycles. The summed E-state index contributed by atoms with van der Waals surface area (Å²) in [6.45, 7) is 5.54. The van der Waals surface area contributed by atoms with Gasteiger partial charge in [0.25, 0.3) is 0 Å². The van der Waals surface area contributed by atoms with Crippen molar-refractivity contribution in [1.29, 1.82) is 0 Å². The van der Waals surface area contributed by atoms with Crippen LogP contribution in [0.1, 0.15) is 19.9 Å². The molecule has 2 aromatic heterocycles. The van der Waals surface area contributed by atoms with Crippen LogP contribution in [0.15, 0.2) is 30.7 Å². The molecule has 0 N–H and O–H groups in total. The fraction of sp³-hybridized carbons (Fsp3) is 0.312. The van der Waals surface area contributed by atoms with Crippen molar-refractivity contribution >= 4 is 10.6 Å².